The van der Waals surface area contributed by atoms with Crippen LogP contribution in [0.15, 0.2) is 35.9 Å². The van der Waals surface area contributed by atoms with Gasteiger partial charge in [-0.05, 0) is 31.2 Å². The van der Waals surface area contributed by atoms with Gasteiger partial charge in [0.1, 0.15) is 5.82 Å². The number of hydrogen-bond donors (Lipinski definition) is 2. The lowest BCUT2D eigenvalue weighted by Crippen LogP contribution is -2.10. The summed E-state index contributed by atoms with van der Waals surface area (Å²) in [7, 11) is 0. The van der Waals surface area contributed by atoms with Crippen molar-refractivity contribution in [1.29, 1.82) is 0 Å². The molecular weight excluding hydrogens is 213 g/mol. The molecule has 0 unspecified atom stereocenters. The molecule has 0 aliphatic carbocycles. The molecule has 1 rings (SSSR count). The van der Waals surface area contributed by atoms with E-state index in [1.54, 1.807) is 0 Å². The summed E-state index contributed by atoms with van der Waals surface area (Å²) in [4.78, 5) is 21.7. The van der Waals surface area contributed by atoms with Crippen LogP contribution in [0, 0.1) is 5.82 Å². The molecule has 2 N–H and O–H groups in total. The maximum absolute atomic E-state index is 12.5. The molecular formula is C11H10FNO3. The van der Waals surface area contributed by atoms with Gasteiger partial charge in [-0.15, -0.1) is 0 Å². The zero-order valence-corrected chi connectivity index (χ0v) is 8.53. The average Bonchev–Trinajstić information content (AvgIpc) is 2.21. The van der Waals surface area contributed by atoms with Gasteiger partial charge in [-0.1, -0.05) is 0 Å². The number of benzene rings is 1. The Labute approximate surface area is 91.4 Å². The predicted octanol–water partition coefficient (Wildman–Crippen LogP) is 1.80. The first-order valence-corrected chi connectivity index (χ1v) is 4.47. The van der Waals surface area contributed by atoms with Crippen molar-refractivity contribution in [3.05, 3.63) is 41.7 Å². The summed E-state index contributed by atoms with van der Waals surface area (Å²) in [6.07, 6.45) is 0.964. The highest BCUT2D eigenvalue weighted by molar-refractivity contribution is 6.04. The first-order valence-electron chi connectivity index (χ1n) is 4.47. The summed E-state index contributed by atoms with van der Waals surface area (Å²) in [5.74, 6) is -2.13. The second kappa shape index (κ2) is 5.06. The highest BCUT2D eigenvalue weighted by atomic mass is 19.1. The summed E-state index contributed by atoms with van der Waals surface area (Å²) in [5, 5.41) is 10.9. The third kappa shape index (κ3) is 3.53. The molecule has 0 heterocycles. The molecule has 0 aliphatic heterocycles. The van der Waals surface area contributed by atoms with E-state index >= 15 is 0 Å². The van der Waals surface area contributed by atoms with E-state index in [1.807, 2.05) is 0 Å². The lowest BCUT2D eigenvalue weighted by molar-refractivity contribution is -0.132. The lowest BCUT2D eigenvalue weighted by atomic mass is 10.2. The van der Waals surface area contributed by atoms with Gasteiger partial charge in [0, 0.05) is 17.3 Å². The second-order valence-corrected chi connectivity index (χ2v) is 3.13. The van der Waals surface area contributed by atoms with Crippen molar-refractivity contribution in [2.24, 2.45) is 0 Å². The molecule has 0 spiro atoms. The Hall–Kier alpha value is -2.17. The Balaban J connectivity index is 2.68. The van der Waals surface area contributed by atoms with Crippen LogP contribution in [0.2, 0.25) is 0 Å². The molecule has 84 valence electrons. The van der Waals surface area contributed by atoms with Gasteiger partial charge < -0.3 is 10.4 Å². The second-order valence-electron chi connectivity index (χ2n) is 3.13. The van der Waals surface area contributed by atoms with Crippen LogP contribution in [0.3, 0.4) is 0 Å². The number of carboxylic acid groups (broad SMARTS) is 1. The van der Waals surface area contributed by atoms with Crippen molar-refractivity contribution < 1.29 is 19.1 Å². The zero-order valence-electron chi connectivity index (χ0n) is 8.53. The molecule has 0 bridgehead atoms. The maximum Gasteiger partial charge on any atom is 0.331 e. The monoisotopic (exact) mass is 223 g/mol. The average molecular weight is 223 g/mol. The Kier molecular flexibility index (Phi) is 3.77. The minimum atomic E-state index is -1.16. The third-order valence-electron chi connectivity index (χ3n) is 1.80. The Morgan fingerprint density at radius 3 is 2.38 bits per heavy atom. The molecule has 4 nitrogen and oxygen atoms in total. The minimum Gasteiger partial charge on any atom is -0.478 e. The van der Waals surface area contributed by atoms with Crippen LogP contribution in [-0.2, 0) is 9.59 Å². The molecule has 1 aromatic rings. The van der Waals surface area contributed by atoms with Crippen molar-refractivity contribution >= 4 is 17.6 Å². The van der Waals surface area contributed by atoms with Gasteiger partial charge in [0.2, 0.25) is 5.91 Å². The standard InChI is InChI=1S/C11H10FNO3/c1-7(11(15)16)6-10(14)13-9-4-2-8(12)3-5-9/h2-6H,1H3,(H,13,14)(H,15,16)/b7-6-. The number of rotatable bonds is 3. The number of halogens is 1. The van der Waals surface area contributed by atoms with Gasteiger partial charge >= 0.3 is 5.97 Å². The third-order valence-corrected chi connectivity index (χ3v) is 1.80. The van der Waals surface area contributed by atoms with Crippen molar-refractivity contribution in [2.45, 2.75) is 6.92 Å². The molecule has 16 heavy (non-hydrogen) atoms. The minimum absolute atomic E-state index is 0.0698. The smallest absolute Gasteiger partial charge is 0.331 e. The van der Waals surface area contributed by atoms with Crippen molar-refractivity contribution in [3.8, 4) is 0 Å². The number of carboxylic acids is 1. The fraction of sp³-hybridized carbons (Fsp3) is 0.0909. The van der Waals surface area contributed by atoms with E-state index in [0.29, 0.717) is 5.69 Å². The highest BCUT2D eigenvalue weighted by Gasteiger charge is 2.04. The van der Waals surface area contributed by atoms with Crippen molar-refractivity contribution in [1.82, 2.24) is 0 Å². The molecule has 0 aliphatic rings. The van der Waals surface area contributed by atoms with E-state index in [2.05, 4.69) is 5.32 Å². The molecule has 0 saturated heterocycles. The quantitative estimate of drug-likeness (QED) is 0.768. The van der Waals surface area contributed by atoms with E-state index in [0.717, 1.165) is 6.08 Å². The number of carbonyl (C=O) groups is 2. The molecule has 1 aromatic carbocycles. The predicted molar refractivity (Wildman–Crippen MR) is 56.4 cm³/mol. The van der Waals surface area contributed by atoms with Crippen molar-refractivity contribution in [3.63, 3.8) is 0 Å². The van der Waals surface area contributed by atoms with Crippen LogP contribution in [0.25, 0.3) is 0 Å². The van der Waals surface area contributed by atoms with Gasteiger partial charge in [-0.3, -0.25) is 4.79 Å². The van der Waals surface area contributed by atoms with E-state index in [1.165, 1.54) is 31.2 Å². The molecule has 5 heteroatoms. The summed E-state index contributed by atoms with van der Waals surface area (Å²) in [6.45, 7) is 1.31. The first kappa shape index (κ1) is 11.9. The lowest BCUT2D eigenvalue weighted by Gasteiger charge is -2.01. The van der Waals surface area contributed by atoms with E-state index in [9.17, 15) is 14.0 Å². The molecule has 0 atom stereocenters. The van der Waals surface area contributed by atoms with E-state index in [4.69, 9.17) is 5.11 Å². The molecule has 0 aromatic heterocycles. The van der Waals surface area contributed by atoms with E-state index < -0.39 is 17.7 Å². The van der Waals surface area contributed by atoms with Crippen LogP contribution in [-0.4, -0.2) is 17.0 Å². The van der Waals surface area contributed by atoms with Crippen LogP contribution in [0.1, 0.15) is 6.92 Å². The fourth-order valence-electron chi connectivity index (χ4n) is 0.970. The van der Waals surface area contributed by atoms with Crippen LogP contribution in [0.4, 0.5) is 10.1 Å². The summed E-state index contributed by atoms with van der Waals surface area (Å²) in [5.41, 5.74) is 0.334. The molecule has 0 saturated carbocycles. The Morgan fingerprint density at radius 1 is 1.31 bits per heavy atom. The fourth-order valence-corrected chi connectivity index (χ4v) is 0.970. The molecule has 1 amide bonds. The van der Waals surface area contributed by atoms with Crippen LogP contribution >= 0.6 is 0 Å². The van der Waals surface area contributed by atoms with Crippen molar-refractivity contribution in [2.75, 3.05) is 5.32 Å². The summed E-state index contributed by atoms with van der Waals surface area (Å²) >= 11 is 0. The normalized spacial score (nSPS) is 11.0. The highest BCUT2D eigenvalue weighted by Crippen LogP contribution is 2.08. The SMILES string of the molecule is C/C(=C/C(=O)Nc1ccc(F)cc1)C(=O)O. The Bertz CT molecular complexity index is 437. The number of nitrogens with one attached hydrogen (secondary N) is 1. The topological polar surface area (TPSA) is 66.4 Å². The summed E-state index contributed by atoms with van der Waals surface area (Å²) < 4.78 is 12.5. The summed E-state index contributed by atoms with van der Waals surface area (Å²) in [6, 6.07) is 5.17. The first-order chi connectivity index (χ1) is 7.49. The van der Waals surface area contributed by atoms with E-state index in [-0.39, 0.29) is 5.57 Å². The largest absolute Gasteiger partial charge is 0.478 e. The van der Waals surface area contributed by atoms with Gasteiger partial charge in [-0.25, -0.2) is 9.18 Å². The Morgan fingerprint density at radius 2 is 1.88 bits per heavy atom. The van der Waals surface area contributed by atoms with Gasteiger partial charge in [0.25, 0.3) is 0 Å². The molecule has 0 radical (unpaired) electrons. The van der Waals surface area contributed by atoms with Crippen LogP contribution in [0.5, 0.6) is 0 Å². The number of anilines is 1. The van der Waals surface area contributed by atoms with Gasteiger partial charge in [-0.2, -0.15) is 0 Å². The van der Waals surface area contributed by atoms with Crippen LogP contribution < -0.4 is 5.32 Å². The number of hydrogen-bond acceptors (Lipinski definition) is 2. The number of aliphatic carboxylic acids is 1. The zero-order chi connectivity index (χ0) is 12.1. The molecule has 0 fully saturated rings. The number of amides is 1. The van der Waals surface area contributed by atoms with Gasteiger partial charge in [0.15, 0.2) is 0 Å². The van der Waals surface area contributed by atoms with Gasteiger partial charge in [0.05, 0.1) is 0 Å². The maximum atomic E-state index is 12.5. The number of carbonyl (C=O) groups excluding carboxylic acids is 1.